The van der Waals surface area contributed by atoms with Crippen molar-refractivity contribution in [2.24, 2.45) is 0 Å². The van der Waals surface area contributed by atoms with Crippen molar-refractivity contribution < 1.29 is 14.3 Å². The van der Waals surface area contributed by atoms with Crippen molar-refractivity contribution in [3.05, 3.63) is 46.5 Å². The third-order valence-electron chi connectivity index (χ3n) is 5.80. The predicted molar refractivity (Wildman–Crippen MR) is 112 cm³/mol. The summed E-state index contributed by atoms with van der Waals surface area (Å²) in [6, 6.07) is 4.22. The van der Waals surface area contributed by atoms with Crippen LogP contribution in [0.5, 0.6) is 0 Å². The number of amides is 1. The SMILES string of the molecule is CNc1cc(Nc2cccn([C@H]3C[C@@H]3F)c2=O)nc2c(C(=O)N[C@H]3CC[C@@H]3O)cnn12. The molecule has 4 N–H and O–H groups in total. The number of pyridine rings is 1. The van der Waals surface area contributed by atoms with Gasteiger partial charge in [-0.2, -0.15) is 9.61 Å². The van der Waals surface area contributed by atoms with E-state index in [0.717, 1.165) is 6.42 Å². The molecule has 0 spiro atoms. The fourth-order valence-corrected chi connectivity index (χ4v) is 3.71. The lowest BCUT2D eigenvalue weighted by atomic mass is 9.89. The Bertz CT molecular complexity index is 1220. The van der Waals surface area contributed by atoms with E-state index in [0.29, 0.717) is 30.1 Å². The zero-order valence-electron chi connectivity index (χ0n) is 16.7. The van der Waals surface area contributed by atoms with Crippen LogP contribution in [-0.2, 0) is 0 Å². The summed E-state index contributed by atoms with van der Waals surface area (Å²) in [7, 11) is 1.70. The van der Waals surface area contributed by atoms with Crippen LogP contribution in [0.1, 0.15) is 35.7 Å². The highest BCUT2D eigenvalue weighted by molar-refractivity contribution is 6.00. The summed E-state index contributed by atoms with van der Waals surface area (Å²) in [5.74, 6) is 0.505. The zero-order valence-corrected chi connectivity index (χ0v) is 16.7. The van der Waals surface area contributed by atoms with Crippen LogP contribution in [0.25, 0.3) is 5.65 Å². The summed E-state index contributed by atoms with van der Waals surface area (Å²) in [5, 5.41) is 22.7. The molecule has 162 valence electrons. The van der Waals surface area contributed by atoms with Crippen LogP contribution in [0, 0.1) is 0 Å². The maximum atomic E-state index is 13.4. The summed E-state index contributed by atoms with van der Waals surface area (Å²) in [6.07, 6.45) is 3.16. The highest BCUT2D eigenvalue weighted by Crippen LogP contribution is 2.37. The molecule has 3 aromatic heterocycles. The van der Waals surface area contributed by atoms with E-state index >= 15 is 0 Å². The first-order valence-corrected chi connectivity index (χ1v) is 10.1. The zero-order chi connectivity index (χ0) is 21.7. The maximum absolute atomic E-state index is 13.4. The Hall–Kier alpha value is -3.47. The average Bonchev–Trinajstić information content (AvgIpc) is 3.32. The normalized spacial score (nSPS) is 24.5. The van der Waals surface area contributed by atoms with Gasteiger partial charge in [-0.3, -0.25) is 9.59 Å². The van der Waals surface area contributed by atoms with Crippen molar-refractivity contribution in [3.63, 3.8) is 0 Å². The van der Waals surface area contributed by atoms with Gasteiger partial charge in [-0.25, -0.2) is 9.37 Å². The van der Waals surface area contributed by atoms with Gasteiger partial charge in [0.15, 0.2) is 5.65 Å². The first-order valence-electron chi connectivity index (χ1n) is 10.1. The fraction of sp³-hybridized carbons (Fsp3) is 0.400. The van der Waals surface area contributed by atoms with E-state index in [-0.39, 0.29) is 28.8 Å². The number of carbonyl (C=O) groups excluding carboxylic acids is 1. The number of fused-ring (bicyclic) bond motifs is 1. The average molecular weight is 427 g/mol. The Labute approximate surface area is 176 Å². The van der Waals surface area contributed by atoms with Crippen LogP contribution in [0.15, 0.2) is 35.4 Å². The number of aliphatic hydroxyl groups is 1. The smallest absolute Gasteiger partial charge is 0.274 e. The summed E-state index contributed by atoms with van der Waals surface area (Å²) in [4.78, 5) is 29.9. The van der Waals surface area contributed by atoms with E-state index in [1.807, 2.05) is 0 Å². The molecule has 0 aliphatic heterocycles. The molecule has 0 unspecified atom stereocenters. The Balaban J connectivity index is 1.48. The maximum Gasteiger partial charge on any atom is 0.274 e. The van der Waals surface area contributed by atoms with Crippen molar-refractivity contribution in [1.82, 2.24) is 24.5 Å². The summed E-state index contributed by atoms with van der Waals surface area (Å²) in [6.45, 7) is 0. The second-order valence-corrected chi connectivity index (χ2v) is 7.87. The number of nitrogens with zero attached hydrogens (tertiary/aromatic N) is 4. The monoisotopic (exact) mass is 427 g/mol. The van der Waals surface area contributed by atoms with Gasteiger partial charge in [0.2, 0.25) is 0 Å². The minimum absolute atomic E-state index is 0.253. The highest BCUT2D eigenvalue weighted by atomic mass is 19.1. The minimum atomic E-state index is -1.000. The largest absolute Gasteiger partial charge is 0.391 e. The Morgan fingerprint density at radius 2 is 2.16 bits per heavy atom. The second-order valence-electron chi connectivity index (χ2n) is 7.87. The predicted octanol–water partition coefficient (Wildman–Crippen LogP) is 1.21. The molecular weight excluding hydrogens is 405 g/mol. The molecule has 0 bridgehead atoms. The van der Waals surface area contributed by atoms with E-state index in [2.05, 4.69) is 26.0 Å². The number of hydrogen-bond acceptors (Lipinski definition) is 7. The van der Waals surface area contributed by atoms with Crippen molar-refractivity contribution in [1.29, 1.82) is 0 Å². The van der Waals surface area contributed by atoms with Crippen LogP contribution in [0.2, 0.25) is 0 Å². The molecule has 2 aliphatic carbocycles. The fourth-order valence-electron chi connectivity index (χ4n) is 3.71. The lowest BCUT2D eigenvalue weighted by Gasteiger charge is -2.32. The Morgan fingerprint density at radius 1 is 1.35 bits per heavy atom. The van der Waals surface area contributed by atoms with Crippen LogP contribution < -0.4 is 21.5 Å². The molecule has 3 aromatic rings. The molecule has 0 radical (unpaired) electrons. The molecule has 0 aromatic carbocycles. The van der Waals surface area contributed by atoms with E-state index in [9.17, 15) is 19.1 Å². The second kappa shape index (κ2) is 7.34. The molecule has 1 amide bonds. The van der Waals surface area contributed by atoms with Gasteiger partial charge in [0, 0.05) is 25.7 Å². The lowest BCUT2D eigenvalue weighted by molar-refractivity contribution is 0.0448. The van der Waals surface area contributed by atoms with Crippen molar-refractivity contribution >= 4 is 28.9 Å². The standard InChI is InChI=1S/C20H22FN7O3/c1-22-17-8-16(24-13-3-2-6-27(20(13)31)14-7-11(14)21)26-18-10(9-23-28(17)18)19(30)25-12-4-5-15(12)29/h2-3,6,8-9,11-12,14-15,22,29H,4-5,7H2,1H3,(H,24,26)(H,25,30)/t11-,12-,14-,15-/m0/s1. The van der Waals surface area contributed by atoms with Gasteiger partial charge in [-0.1, -0.05) is 0 Å². The van der Waals surface area contributed by atoms with E-state index in [1.165, 1.54) is 15.3 Å². The molecule has 0 saturated heterocycles. The number of alkyl halides is 1. The van der Waals surface area contributed by atoms with E-state index < -0.39 is 18.3 Å². The molecule has 2 aliphatic rings. The van der Waals surface area contributed by atoms with Crippen LogP contribution in [-0.4, -0.2) is 55.5 Å². The first-order chi connectivity index (χ1) is 15.0. The number of halogens is 1. The molecule has 10 nitrogen and oxygen atoms in total. The van der Waals surface area contributed by atoms with Crippen LogP contribution >= 0.6 is 0 Å². The van der Waals surface area contributed by atoms with Crippen molar-refractivity contribution in [3.8, 4) is 0 Å². The van der Waals surface area contributed by atoms with Gasteiger partial charge in [-0.15, -0.1) is 0 Å². The number of nitrogens with one attached hydrogen (secondary N) is 3. The number of aliphatic hydroxyl groups excluding tert-OH is 1. The van der Waals surface area contributed by atoms with Gasteiger partial charge < -0.3 is 25.6 Å². The van der Waals surface area contributed by atoms with E-state index in [1.54, 1.807) is 31.4 Å². The molecular formula is C20H22FN7O3. The van der Waals surface area contributed by atoms with Gasteiger partial charge in [0.05, 0.1) is 24.4 Å². The molecule has 2 fully saturated rings. The molecule has 4 atom stereocenters. The topological polar surface area (TPSA) is 126 Å². The number of carbonyl (C=O) groups is 1. The van der Waals surface area contributed by atoms with E-state index in [4.69, 9.17) is 0 Å². The number of anilines is 3. The molecule has 2 saturated carbocycles. The summed E-state index contributed by atoms with van der Waals surface area (Å²) >= 11 is 0. The number of rotatable bonds is 6. The van der Waals surface area contributed by atoms with Crippen molar-refractivity contribution in [2.75, 3.05) is 17.7 Å². The molecule has 11 heteroatoms. The minimum Gasteiger partial charge on any atom is -0.391 e. The first kappa shape index (κ1) is 19.5. The van der Waals surface area contributed by atoms with Gasteiger partial charge in [0.25, 0.3) is 11.5 Å². The third-order valence-corrected chi connectivity index (χ3v) is 5.80. The summed E-state index contributed by atoms with van der Waals surface area (Å²) < 4.78 is 16.3. The van der Waals surface area contributed by atoms with Gasteiger partial charge >= 0.3 is 0 Å². The van der Waals surface area contributed by atoms with Crippen molar-refractivity contribution in [2.45, 2.75) is 43.6 Å². The molecule has 5 rings (SSSR count). The lowest BCUT2D eigenvalue weighted by Crippen LogP contribution is -2.50. The Kier molecular flexibility index (Phi) is 4.62. The number of aromatic nitrogens is 4. The molecule has 31 heavy (non-hydrogen) atoms. The van der Waals surface area contributed by atoms with Gasteiger partial charge in [0.1, 0.15) is 29.1 Å². The number of hydrogen-bond donors (Lipinski definition) is 4. The molecule has 3 heterocycles. The summed E-state index contributed by atoms with van der Waals surface area (Å²) in [5.41, 5.74) is 0.459. The van der Waals surface area contributed by atoms with Crippen LogP contribution in [0.3, 0.4) is 0 Å². The third kappa shape index (κ3) is 3.40. The van der Waals surface area contributed by atoms with Gasteiger partial charge in [-0.05, 0) is 25.0 Å². The van der Waals surface area contributed by atoms with Crippen LogP contribution in [0.4, 0.5) is 21.7 Å². The highest BCUT2D eigenvalue weighted by Gasteiger charge is 2.39. The quantitative estimate of drug-likeness (QED) is 0.466. The Morgan fingerprint density at radius 3 is 2.81 bits per heavy atom.